The van der Waals surface area contributed by atoms with Crippen molar-refractivity contribution in [2.75, 3.05) is 26.2 Å². The summed E-state index contributed by atoms with van der Waals surface area (Å²) in [5.41, 5.74) is 0.614. The molecule has 1 saturated heterocycles. The number of aromatic nitrogens is 2. The van der Waals surface area contributed by atoms with Crippen molar-refractivity contribution in [2.24, 2.45) is 5.92 Å². The zero-order valence-corrected chi connectivity index (χ0v) is 17.3. The van der Waals surface area contributed by atoms with Crippen LogP contribution in [-0.2, 0) is 14.8 Å². The van der Waals surface area contributed by atoms with Crippen molar-refractivity contribution in [1.82, 2.24) is 19.3 Å². The number of carbonyl (C=O) groups excluding carboxylic acids is 1. The molecule has 1 amide bonds. The standard InChI is InChI=1S/C17H24N4O4S2/c1-4-20(5-2)17(22)13-7-6-8-21(10-13)27(23,24)15-9-14(11-26-15)16-18-12(3)25-19-16/h9,11,13H,4-8,10H2,1-3H3/t13-/m0/s1. The lowest BCUT2D eigenvalue weighted by Gasteiger charge is -2.33. The summed E-state index contributed by atoms with van der Waals surface area (Å²) in [5, 5.41) is 5.54. The number of hydrogen-bond acceptors (Lipinski definition) is 7. The van der Waals surface area contributed by atoms with Crippen LogP contribution >= 0.6 is 11.3 Å². The third-order valence-electron chi connectivity index (χ3n) is 4.76. The number of nitrogens with zero attached hydrogens (tertiary/aromatic N) is 4. The molecule has 1 atom stereocenters. The van der Waals surface area contributed by atoms with Crippen molar-refractivity contribution < 1.29 is 17.7 Å². The molecule has 0 unspecified atom stereocenters. The highest BCUT2D eigenvalue weighted by molar-refractivity contribution is 7.91. The van der Waals surface area contributed by atoms with E-state index in [0.717, 1.165) is 17.8 Å². The summed E-state index contributed by atoms with van der Waals surface area (Å²) >= 11 is 1.13. The van der Waals surface area contributed by atoms with Gasteiger partial charge in [0.15, 0.2) is 0 Å². The van der Waals surface area contributed by atoms with Crippen LogP contribution in [0.4, 0.5) is 0 Å². The van der Waals surface area contributed by atoms with Crippen LogP contribution in [0.25, 0.3) is 11.4 Å². The van der Waals surface area contributed by atoms with Crippen LogP contribution in [0.2, 0.25) is 0 Å². The molecule has 3 rings (SSSR count). The maximum absolute atomic E-state index is 13.1. The molecule has 0 radical (unpaired) electrons. The van der Waals surface area contributed by atoms with E-state index in [-0.39, 0.29) is 22.6 Å². The highest BCUT2D eigenvalue weighted by atomic mass is 32.2. The number of sulfonamides is 1. The van der Waals surface area contributed by atoms with E-state index < -0.39 is 10.0 Å². The van der Waals surface area contributed by atoms with Crippen LogP contribution in [0.3, 0.4) is 0 Å². The number of rotatable bonds is 6. The fourth-order valence-corrected chi connectivity index (χ4v) is 6.10. The lowest BCUT2D eigenvalue weighted by atomic mass is 9.98. The van der Waals surface area contributed by atoms with E-state index in [4.69, 9.17) is 4.52 Å². The second-order valence-electron chi connectivity index (χ2n) is 6.50. The van der Waals surface area contributed by atoms with Crippen LogP contribution < -0.4 is 0 Å². The van der Waals surface area contributed by atoms with Crippen LogP contribution in [-0.4, -0.2) is 59.8 Å². The number of thiophene rings is 1. The highest BCUT2D eigenvalue weighted by Gasteiger charge is 2.35. The monoisotopic (exact) mass is 412 g/mol. The van der Waals surface area contributed by atoms with E-state index in [1.54, 1.807) is 23.3 Å². The van der Waals surface area contributed by atoms with Crippen molar-refractivity contribution in [3.05, 3.63) is 17.3 Å². The summed E-state index contributed by atoms with van der Waals surface area (Å²) in [5.74, 6) is 0.551. The number of piperidine rings is 1. The zero-order valence-electron chi connectivity index (χ0n) is 15.7. The quantitative estimate of drug-likeness (QED) is 0.723. The molecule has 10 heteroatoms. The second kappa shape index (κ2) is 8.07. The lowest BCUT2D eigenvalue weighted by molar-refractivity contribution is -0.136. The van der Waals surface area contributed by atoms with Crippen LogP contribution in [0.1, 0.15) is 32.6 Å². The largest absolute Gasteiger partial charge is 0.343 e. The number of carbonyl (C=O) groups is 1. The van der Waals surface area contributed by atoms with Gasteiger partial charge in [-0.3, -0.25) is 4.79 Å². The smallest absolute Gasteiger partial charge is 0.252 e. The van der Waals surface area contributed by atoms with Crippen LogP contribution in [0.5, 0.6) is 0 Å². The Labute approximate surface area is 163 Å². The third kappa shape index (κ3) is 4.07. The highest BCUT2D eigenvalue weighted by Crippen LogP contribution is 2.31. The van der Waals surface area contributed by atoms with Gasteiger partial charge < -0.3 is 9.42 Å². The maximum atomic E-state index is 13.1. The van der Waals surface area contributed by atoms with E-state index in [1.165, 1.54) is 4.31 Å². The topological polar surface area (TPSA) is 96.6 Å². The first-order chi connectivity index (χ1) is 12.9. The Hall–Kier alpha value is -1.78. The van der Waals surface area contributed by atoms with Gasteiger partial charge >= 0.3 is 0 Å². The van der Waals surface area contributed by atoms with Crippen molar-refractivity contribution in [3.8, 4) is 11.4 Å². The molecule has 0 N–H and O–H groups in total. The van der Waals surface area contributed by atoms with E-state index >= 15 is 0 Å². The van der Waals surface area contributed by atoms with Crippen LogP contribution in [0.15, 0.2) is 20.2 Å². The van der Waals surface area contributed by atoms with Gasteiger partial charge in [0.05, 0.1) is 5.92 Å². The summed E-state index contributed by atoms with van der Waals surface area (Å²) in [7, 11) is -3.65. The SMILES string of the molecule is CCN(CC)C(=O)[C@H]1CCCN(S(=O)(=O)c2cc(-c3noc(C)n3)cs2)C1. The van der Waals surface area contributed by atoms with E-state index in [0.29, 0.717) is 43.3 Å². The van der Waals surface area contributed by atoms with Crippen molar-refractivity contribution in [3.63, 3.8) is 0 Å². The zero-order chi connectivity index (χ0) is 19.6. The molecule has 8 nitrogen and oxygen atoms in total. The molecular weight excluding hydrogens is 388 g/mol. The minimum Gasteiger partial charge on any atom is -0.343 e. The summed E-state index contributed by atoms with van der Waals surface area (Å²) < 4.78 is 32.7. The molecule has 0 spiro atoms. The minimum atomic E-state index is -3.65. The van der Waals surface area contributed by atoms with Gasteiger partial charge in [0, 0.05) is 44.0 Å². The molecule has 2 aromatic rings. The average molecular weight is 413 g/mol. The van der Waals surface area contributed by atoms with Gasteiger partial charge in [-0.2, -0.15) is 9.29 Å². The van der Waals surface area contributed by atoms with E-state index in [2.05, 4.69) is 10.1 Å². The third-order valence-corrected chi connectivity index (χ3v) is 8.04. The minimum absolute atomic E-state index is 0.0361. The first-order valence-electron chi connectivity index (χ1n) is 9.05. The molecule has 0 saturated carbocycles. The maximum Gasteiger partial charge on any atom is 0.252 e. The second-order valence-corrected chi connectivity index (χ2v) is 9.58. The molecular formula is C17H24N4O4S2. The van der Waals surface area contributed by atoms with Gasteiger partial charge in [-0.15, -0.1) is 11.3 Å². The Kier molecular flexibility index (Phi) is 5.97. The van der Waals surface area contributed by atoms with Crippen molar-refractivity contribution in [2.45, 2.75) is 37.8 Å². The van der Waals surface area contributed by atoms with Crippen LogP contribution in [0, 0.1) is 12.8 Å². The summed E-state index contributed by atoms with van der Waals surface area (Å²) in [6, 6.07) is 1.57. The number of aryl methyl sites for hydroxylation is 1. The first-order valence-corrected chi connectivity index (χ1v) is 11.4. The summed E-state index contributed by atoms with van der Waals surface area (Å²) in [6.45, 7) is 7.48. The van der Waals surface area contributed by atoms with Gasteiger partial charge in [0.1, 0.15) is 4.21 Å². The van der Waals surface area contributed by atoms with Gasteiger partial charge in [-0.1, -0.05) is 5.16 Å². The molecule has 148 valence electrons. The Morgan fingerprint density at radius 3 is 2.78 bits per heavy atom. The molecule has 2 aromatic heterocycles. The fourth-order valence-electron chi connectivity index (χ4n) is 3.27. The number of hydrogen-bond donors (Lipinski definition) is 0. The number of amides is 1. The van der Waals surface area contributed by atoms with Gasteiger partial charge in [-0.25, -0.2) is 8.42 Å². The summed E-state index contributed by atoms with van der Waals surface area (Å²) in [4.78, 5) is 18.5. The molecule has 27 heavy (non-hydrogen) atoms. The fraction of sp³-hybridized carbons (Fsp3) is 0.588. The predicted molar refractivity (Wildman–Crippen MR) is 102 cm³/mol. The normalized spacial score (nSPS) is 18.6. The predicted octanol–water partition coefficient (Wildman–Crippen LogP) is 2.38. The molecule has 1 fully saturated rings. The Morgan fingerprint density at radius 1 is 1.41 bits per heavy atom. The van der Waals surface area contributed by atoms with Gasteiger partial charge in [-0.05, 0) is 32.8 Å². The Morgan fingerprint density at radius 2 is 2.15 bits per heavy atom. The van der Waals surface area contributed by atoms with Crippen molar-refractivity contribution in [1.29, 1.82) is 0 Å². The molecule has 0 aliphatic carbocycles. The lowest BCUT2D eigenvalue weighted by Crippen LogP contribution is -2.46. The van der Waals surface area contributed by atoms with E-state index in [9.17, 15) is 13.2 Å². The molecule has 0 aromatic carbocycles. The summed E-state index contributed by atoms with van der Waals surface area (Å²) in [6.07, 6.45) is 1.40. The Balaban J connectivity index is 1.78. The van der Waals surface area contributed by atoms with Crippen molar-refractivity contribution >= 4 is 27.3 Å². The molecule has 3 heterocycles. The first kappa shape index (κ1) is 20.0. The molecule has 1 aliphatic rings. The average Bonchev–Trinajstić information content (AvgIpc) is 3.32. The van der Waals surface area contributed by atoms with Gasteiger partial charge in [0.25, 0.3) is 10.0 Å². The molecule has 1 aliphatic heterocycles. The van der Waals surface area contributed by atoms with E-state index in [1.807, 2.05) is 13.8 Å². The molecule has 0 bridgehead atoms. The Bertz CT molecular complexity index is 902. The van der Waals surface area contributed by atoms with Gasteiger partial charge in [0.2, 0.25) is 17.6 Å².